The molecule has 32 heavy (non-hydrogen) atoms. The maximum Gasteiger partial charge on any atom is 0.243 e. The van der Waals surface area contributed by atoms with Crippen LogP contribution in [0.2, 0.25) is 0 Å². The first kappa shape index (κ1) is 20.9. The van der Waals surface area contributed by atoms with Gasteiger partial charge in [-0.1, -0.05) is 66.2 Å². The van der Waals surface area contributed by atoms with Crippen LogP contribution in [-0.4, -0.2) is 31.7 Å². The van der Waals surface area contributed by atoms with Crippen LogP contribution in [0.25, 0.3) is 0 Å². The van der Waals surface area contributed by atoms with E-state index in [9.17, 15) is 13.2 Å². The lowest BCUT2D eigenvalue weighted by Gasteiger charge is -2.41. The Balaban J connectivity index is 1.49. The number of benzene rings is 3. The van der Waals surface area contributed by atoms with Crippen LogP contribution in [0, 0.1) is 12.8 Å². The van der Waals surface area contributed by atoms with Crippen LogP contribution in [0.1, 0.15) is 29.5 Å². The van der Waals surface area contributed by atoms with Crippen molar-refractivity contribution < 1.29 is 13.2 Å². The van der Waals surface area contributed by atoms with E-state index >= 15 is 0 Å². The number of nitrogens with zero attached hydrogens (tertiary/aromatic N) is 1. The normalized spacial score (nSPS) is 21.8. The number of piperidine rings is 1. The van der Waals surface area contributed by atoms with Gasteiger partial charge in [0.15, 0.2) is 0 Å². The molecule has 0 aliphatic carbocycles. The van der Waals surface area contributed by atoms with Gasteiger partial charge in [0.25, 0.3) is 0 Å². The first-order chi connectivity index (χ1) is 15.4. The van der Waals surface area contributed by atoms with Crippen LogP contribution in [0.4, 0.5) is 5.69 Å². The summed E-state index contributed by atoms with van der Waals surface area (Å²) in [4.78, 5) is 13.9. The van der Waals surface area contributed by atoms with Crippen LogP contribution < -0.4 is 5.32 Å². The van der Waals surface area contributed by atoms with Gasteiger partial charge in [-0.25, -0.2) is 8.42 Å². The molecule has 1 amide bonds. The molecule has 0 spiro atoms. The summed E-state index contributed by atoms with van der Waals surface area (Å²) in [7, 11) is -3.55. The first-order valence-electron chi connectivity index (χ1n) is 11.0. The zero-order chi connectivity index (χ0) is 22.3. The molecule has 2 aliphatic heterocycles. The molecule has 5 nitrogen and oxygen atoms in total. The molecule has 1 atom stereocenters. The lowest BCUT2D eigenvalue weighted by Crippen LogP contribution is -2.49. The van der Waals surface area contributed by atoms with Gasteiger partial charge in [0.1, 0.15) is 5.41 Å². The predicted octanol–water partition coefficient (Wildman–Crippen LogP) is 4.33. The summed E-state index contributed by atoms with van der Waals surface area (Å²) in [5, 5.41) is 3.09. The molecule has 1 fully saturated rings. The Labute approximate surface area is 189 Å². The van der Waals surface area contributed by atoms with Gasteiger partial charge >= 0.3 is 0 Å². The van der Waals surface area contributed by atoms with Crippen molar-refractivity contribution in [1.82, 2.24) is 4.31 Å². The van der Waals surface area contributed by atoms with E-state index in [1.807, 2.05) is 73.7 Å². The van der Waals surface area contributed by atoms with Crippen LogP contribution in [0.15, 0.2) is 83.8 Å². The molecule has 1 N–H and O–H groups in total. The highest BCUT2D eigenvalue weighted by Crippen LogP contribution is 2.51. The highest BCUT2D eigenvalue weighted by Gasteiger charge is 2.54. The second kappa shape index (κ2) is 7.87. The van der Waals surface area contributed by atoms with Crippen molar-refractivity contribution in [1.29, 1.82) is 0 Å². The lowest BCUT2D eigenvalue weighted by atomic mass is 9.63. The Bertz CT molecular complexity index is 1250. The monoisotopic (exact) mass is 446 g/mol. The molecule has 1 saturated heterocycles. The van der Waals surface area contributed by atoms with Crippen LogP contribution in [-0.2, 0) is 20.2 Å². The number of carbonyl (C=O) groups excluding carboxylic acids is 1. The number of amides is 1. The number of hydrogen-bond donors (Lipinski definition) is 1. The average Bonchev–Trinajstić information content (AvgIpc) is 3.12. The van der Waals surface area contributed by atoms with Crippen molar-refractivity contribution in [2.45, 2.75) is 30.1 Å². The Morgan fingerprint density at radius 3 is 2.19 bits per heavy atom. The van der Waals surface area contributed by atoms with Gasteiger partial charge in [-0.3, -0.25) is 4.79 Å². The van der Waals surface area contributed by atoms with E-state index in [1.54, 1.807) is 16.4 Å². The number of aryl methyl sites for hydroxylation is 1. The van der Waals surface area contributed by atoms with E-state index in [1.165, 1.54) is 0 Å². The van der Waals surface area contributed by atoms with Gasteiger partial charge in [0.2, 0.25) is 15.9 Å². The molecule has 0 radical (unpaired) electrons. The summed E-state index contributed by atoms with van der Waals surface area (Å²) in [5.41, 5.74) is 3.00. The quantitative estimate of drug-likeness (QED) is 0.649. The van der Waals surface area contributed by atoms with E-state index in [0.29, 0.717) is 30.8 Å². The largest absolute Gasteiger partial charge is 0.325 e. The standard InChI is InChI=1S/C26H26N2O3S/c1-19-11-13-22(14-12-19)32(30,31)28-17-15-21(16-18-28)26(20-7-3-2-4-8-20)23-9-5-6-10-24(23)27-25(26)29/h2-14,21H,15-18H2,1H3,(H,27,29). The zero-order valence-electron chi connectivity index (χ0n) is 18.0. The summed E-state index contributed by atoms with van der Waals surface area (Å²) < 4.78 is 27.9. The second-order valence-corrected chi connectivity index (χ2v) is 10.6. The van der Waals surface area contributed by atoms with E-state index in [4.69, 9.17) is 0 Å². The molecule has 2 aliphatic rings. The SMILES string of the molecule is Cc1ccc(S(=O)(=O)N2CCC(C3(c4ccccc4)C(=O)Nc4ccccc43)CC2)cc1. The Morgan fingerprint density at radius 1 is 0.875 bits per heavy atom. The van der Waals surface area contributed by atoms with Crippen LogP contribution in [0.3, 0.4) is 0 Å². The molecular formula is C26H26N2O3S. The number of anilines is 1. The van der Waals surface area contributed by atoms with E-state index in [0.717, 1.165) is 22.4 Å². The van der Waals surface area contributed by atoms with Gasteiger partial charge in [-0.15, -0.1) is 0 Å². The number of nitrogens with one attached hydrogen (secondary N) is 1. The summed E-state index contributed by atoms with van der Waals surface area (Å²) in [5.74, 6) is -0.0252. The lowest BCUT2D eigenvalue weighted by molar-refractivity contribution is -0.121. The number of hydrogen-bond acceptors (Lipinski definition) is 3. The van der Waals surface area contributed by atoms with Crippen molar-refractivity contribution in [3.8, 4) is 0 Å². The molecule has 6 heteroatoms. The van der Waals surface area contributed by atoms with Crippen molar-refractivity contribution in [2.24, 2.45) is 5.92 Å². The molecule has 1 unspecified atom stereocenters. The average molecular weight is 447 g/mol. The number of fused-ring (bicyclic) bond motifs is 1. The second-order valence-electron chi connectivity index (χ2n) is 8.67. The Hall–Kier alpha value is -2.96. The third kappa shape index (κ3) is 3.17. The topological polar surface area (TPSA) is 66.5 Å². The van der Waals surface area contributed by atoms with Gasteiger partial charge in [-0.2, -0.15) is 4.31 Å². The molecule has 0 bridgehead atoms. The molecule has 0 saturated carbocycles. The fraction of sp³-hybridized carbons (Fsp3) is 0.269. The number of sulfonamides is 1. The van der Waals surface area contributed by atoms with Gasteiger partial charge in [0.05, 0.1) is 4.90 Å². The van der Waals surface area contributed by atoms with E-state index in [2.05, 4.69) is 5.32 Å². The third-order valence-corrected chi connectivity index (χ3v) is 8.83. The summed E-state index contributed by atoms with van der Waals surface area (Å²) >= 11 is 0. The molecule has 3 aromatic carbocycles. The highest BCUT2D eigenvalue weighted by molar-refractivity contribution is 7.89. The molecule has 3 aromatic rings. The van der Waals surface area contributed by atoms with Crippen molar-refractivity contribution in [3.05, 3.63) is 95.6 Å². The molecule has 2 heterocycles. The maximum absolute atomic E-state index is 13.5. The smallest absolute Gasteiger partial charge is 0.243 e. The van der Waals surface area contributed by atoms with Gasteiger partial charge in [-0.05, 0) is 55.0 Å². The minimum absolute atomic E-state index is 0.00184. The van der Waals surface area contributed by atoms with Gasteiger partial charge < -0.3 is 5.32 Å². The minimum Gasteiger partial charge on any atom is -0.325 e. The van der Waals surface area contributed by atoms with Crippen molar-refractivity contribution in [3.63, 3.8) is 0 Å². The van der Waals surface area contributed by atoms with Crippen molar-refractivity contribution >= 4 is 21.6 Å². The first-order valence-corrected chi connectivity index (χ1v) is 12.4. The van der Waals surface area contributed by atoms with E-state index in [-0.39, 0.29) is 11.8 Å². The summed E-state index contributed by atoms with van der Waals surface area (Å²) in [6, 6.07) is 24.7. The molecule has 5 rings (SSSR count). The molecular weight excluding hydrogens is 420 g/mol. The van der Waals surface area contributed by atoms with Crippen LogP contribution in [0.5, 0.6) is 0 Å². The Morgan fingerprint density at radius 2 is 1.50 bits per heavy atom. The fourth-order valence-corrected chi connectivity index (χ4v) is 6.77. The summed E-state index contributed by atoms with van der Waals surface area (Å²) in [6.07, 6.45) is 1.23. The number of carbonyl (C=O) groups is 1. The Kier molecular flexibility index (Phi) is 5.14. The van der Waals surface area contributed by atoms with E-state index < -0.39 is 15.4 Å². The van der Waals surface area contributed by atoms with Crippen LogP contribution >= 0.6 is 0 Å². The molecule has 0 aromatic heterocycles. The maximum atomic E-state index is 13.5. The highest BCUT2D eigenvalue weighted by atomic mass is 32.2. The predicted molar refractivity (Wildman–Crippen MR) is 125 cm³/mol. The third-order valence-electron chi connectivity index (χ3n) is 6.91. The number of para-hydroxylation sites is 1. The molecule has 164 valence electrons. The zero-order valence-corrected chi connectivity index (χ0v) is 18.8. The van der Waals surface area contributed by atoms with Crippen molar-refractivity contribution in [2.75, 3.05) is 18.4 Å². The summed E-state index contributed by atoms with van der Waals surface area (Å²) in [6.45, 7) is 2.73. The van der Waals surface area contributed by atoms with Gasteiger partial charge in [0, 0.05) is 18.8 Å². The fourth-order valence-electron chi connectivity index (χ4n) is 5.30. The number of rotatable bonds is 4. The minimum atomic E-state index is -3.55.